The van der Waals surface area contributed by atoms with Gasteiger partial charge in [0.1, 0.15) is 0 Å². The fourth-order valence-corrected chi connectivity index (χ4v) is 1.46. The molecule has 80 valence electrons. The first-order chi connectivity index (χ1) is 7.33. The molecular weight excluding hydrogens is 180 g/mol. The van der Waals surface area contributed by atoms with E-state index >= 15 is 0 Å². The average Bonchev–Trinajstić information content (AvgIpc) is 2.33. The summed E-state index contributed by atoms with van der Waals surface area (Å²) in [5, 5.41) is 0. The molecular formula is C15H20. The fourth-order valence-electron chi connectivity index (χ4n) is 1.46. The van der Waals surface area contributed by atoms with Crippen molar-refractivity contribution in [3.63, 3.8) is 0 Å². The van der Waals surface area contributed by atoms with E-state index in [1.54, 1.807) is 0 Å². The zero-order valence-corrected chi connectivity index (χ0v) is 9.58. The van der Waals surface area contributed by atoms with Crippen molar-refractivity contribution in [1.29, 1.82) is 0 Å². The van der Waals surface area contributed by atoms with E-state index in [4.69, 9.17) is 0 Å². The SMILES string of the molecule is C1=CCCCC1.C=Cc1ccc(C)cc1. The van der Waals surface area contributed by atoms with Gasteiger partial charge in [0, 0.05) is 0 Å². The van der Waals surface area contributed by atoms with Crippen LogP contribution in [0.5, 0.6) is 0 Å². The van der Waals surface area contributed by atoms with Crippen molar-refractivity contribution in [2.45, 2.75) is 32.6 Å². The van der Waals surface area contributed by atoms with Gasteiger partial charge in [0.15, 0.2) is 0 Å². The highest BCUT2D eigenvalue weighted by Gasteiger charge is 1.87. The minimum atomic E-state index is 1.18. The molecule has 1 aromatic rings. The number of hydrogen-bond donors (Lipinski definition) is 0. The molecule has 0 N–H and O–H groups in total. The normalized spacial score (nSPS) is 13.9. The highest BCUT2D eigenvalue weighted by atomic mass is 13.9. The van der Waals surface area contributed by atoms with Gasteiger partial charge in [-0.15, -0.1) is 0 Å². The lowest BCUT2D eigenvalue weighted by Crippen LogP contribution is -1.77. The molecule has 0 unspecified atom stereocenters. The first-order valence-electron chi connectivity index (χ1n) is 5.67. The van der Waals surface area contributed by atoms with Gasteiger partial charge < -0.3 is 0 Å². The van der Waals surface area contributed by atoms with Crippen LogP contribution in [0.15, 0.2) is 43.0 Å². The zero-order chi connectivity index (χ0) is 10.9. The van der Waals surface area contributed by atoms with Crippen molar-refractivity contribution in [2.24, 2.45) is 0 Å². The van der Waals surface area contributed by atoms with E-state index in [1.165, 1.54) is 36.8 Å². The van der Waals surface area contributed by atoms with E-state index < -0.39 is 0 Å². The Labute approximate surface area is 93.3 Å². The summed E-state index contributed by atoms with van der Waals surface area (Å²) < 4.78 is 0. The van der Waals surface area contributed by atoms with Crippen molar-refractivity contribution >= 4 is 6.08 Å². The number of aryl methyl sites for hydroxylation is 1. The number of hydrogen-bond acceptors (Lipinski definition) is 0. The molecule has 1 aromatic carbocycles. The van der Waals surface area contributed by atoms with Crippen molar-refractivity contribution in [2.75, 3.05) is 0 Å². The first-order valence-corrected chi connectivity index (χ1v) is 5.67. The molecule has 0 radical (unpaired) electrons. The van der Waals surface area contributed by atoms with Gasteiger partial charge in [-0.2, -0.15) is 0 Å². The molecule has 0 aromatic heterocycles. The summed E-state index contributed by atoms with van der Waals surface area (Å²) in [6.45, 7) is 5.74. The van der Waals surface area contributed by atoms with Crippen LogP contribution in [0.3, 0.4) is 0 Å². The van der Waals surface area contributed by atoms with Crippen LogP contribution in [0, 0.1) is 6.92 Å². The molecule has 0 nitrogen and oxygen atoms in total. The number of rotatable bonds is 1. The second-order valence-electron chi connectivity index (χ2n) is 3.87. The van der Waals surface area contributed by atoms with Crippen LogP contribution in [-0.4, -0.2) is 0 Å². The second-order valence-corrected chi connectivity index (χ2v) is 3.87. The summed E-state index contributed by atoms with van der Waals surface area (Å²) in [7, 11) is 0. The van der Waals surface area contributed by atoms with Crippen LogP contribution in [0.2, 0.25) is 0 Å². The van der Waals surface area contributed by atoms with Gasteiger partial charge in [0.2, 0.25) is 0 Å². The Hall–Kier alpha value is -1.30. The largest absolute Gasteiger partial charge is 0.0985 e. The molecule has 0 fully saturated rings. The summed E-state index contributed by atoms with van der Waals surface area (Å²) >= 11 is 0. The van der Waals surface area contributed by atoms with E-state index in [-0.39, 0.29) is 0 Å². The summed E-state index contributed by atoms with van der Waals surface area (Å²) in [5.74, 6) is 0. The molecule has 0 spiro atoms. The third-order valence-electron chi connectivity index (χ3n) is 2.47. The Bertz CT molecular complexity index is 295. The molecule has 0 heterocycles. The number of benzene rings is 1. The third-order valence-corrected chi connectivity index (χ3v) is 2.47. The van der Waals surface area contributed by atoms with Gasteiger partial charge >= 0.3 is 0 Å². The molecule has 0 amide bonds. The van der Waals surface area contributed by atoms with E-state index in [9.17, 15) is 0 Å². The average molecular weight is 200 g/mol. The van der Waals surface area contributed by atoms with E-state index in [1.807, 2.05) is 6.08 Å². The maximum absolute atomic E-state index is 3.66. The first kappa shape index (κ1) is 11.8. The van der Waals surface area contributed by atoms with Crippen molar-refractivity contribution in [3.05, 3.63) is 54.1 Å². The highest BCUT2D eigenvalue weighted by Crippen LogP contribution is 2.07. The third kappa shape index (κ3) is 5.21. The van der Waals surface area contributed by atoms with E-state index in [2.05, 4.69) is 49.9 Å². The Morgan fingerprint density at radius 2 is 1.53 bits per heavy atom. The Morgan fingerprint density at radius 1 is 1.00 bits per heavy atom. The molecule has 1 aliphatic carbocycles. The number of allylic oxidation sites excluding steroid dienone is 2. The molecule has 0 atom stereocenters. The quantitative estimate of drug-likeness (QED) is 0.574. The van der Waals surface area contributed by atoms with Crippen molar-refractivity contribution in [3.8, 4) is 0 Å². The van der Waals surface area contributed by atoms with Gasteiger partial charge in [-0.25, -0.2) is 0 Å². The fraction of sp³-hybridized carbons (Fsp3) is 0.333. The molecule has 0 saturated carbocycles. The summed E-state index contributed by atoms with van der Waals surface area (Å²) in [6, 6.07) is 8.28. The van der Waals surface area contributed by atoms with Crippen molar-refractivity contribution < 1.29 is 0 Å². The van der Waals surface area contributed by atoms with Crippen LogP contribution in [0.4, 0.5) is 0 Å². The molecule has 15 heavy (non-hydrogen) atoms. The van der Waals surface area contributed by atoms with E-state index in [0.717, 1.165) is 0 Å². The van der Waals surface area contributed by atoms with Crippen LogP contribution < -0.4 is 0 Å². The van der Waals surface area contributed by atoms with Gasteiger partial charge in [-0.3, -0.25) is 0 Å². The van der Waals surface area contributed by atoms with Crippen LogP contribution >= 0.6 is 0 Å². The maximum Gasteiger partial charge on any atom is -0.0262 e. The minimum absolute atomic E-state index is 1.18. The Kier molecular flexibility index (Phi) is 5.54. The molecule has 2 rings (SSSR count). The molecule has 1 aliphatic rings. The molecule has 0 aliphatic heterocycles. The predicted octanol–water partition coefficient (Wildman–Crippen LogP) is 4.75. The Morgan fingerprint density at radius 3 is 1.87 bits per heavy atom. The van der Waals surface area contributed by atoms with Gasteiger partial charge in [0.05, 0.1) is 0 Å². The van der Waals surface area contributed by atoms with Crippen LogP contribution in [0.1, 0.15) is 36.8 Å². The summed E-state index contributed by atoms with van der Waals surface area (Å²) in [5.41, 5.74) is 2.47. The molecule has 0 saturated heterocycles. The second kappa shape index (κ2) is 7.05. The van der Waals surface area contributed by atoms with Crippen LogP contribution in [-0.2, 0) is 0 Å². The lowest BCUT2D eigenvalue weighted by molar-refractivity contribution is 0.730. The minimum Gasteiger partial charge on any atom is -0.0985 e. The van der Waals surface area contributed by atoms with Crippen molar-refractivity contribution in [1.82, 2.24) is 0 Å². The molecule has 0 heteroatoms. The van der Waals surface area contributed by atoms with Gasteiger partial charge in [0.25, 0.3) is 0 Å². The van der Waals surface area contributed by atoms with E-state index in [0.29, 0.717) is 0 Å². The standard InChI is InChI=1S/C9H10.C6H10/c1-3-9-6-4-8(2)5-7-9;1-2-4-6-5-3-1/h3-7H,1H2,2H3;1-2H,3-6H2. The lowest BCUT2D eigenvalue weighted by atomic mass is 10.1. The predicted molar refractivity (Wildman–Crippen MR) is 68.9 cm³/mol. The topological polar surface area (TPSA) is 0 Å². The Balaban J connectivity index is 0.000000162. The monoisotopic (exact) mass is 200 g/mol. The van der Waals surface area contributed by atoms with Crippen LogP contribution in [0.25, 0.3) is 6.08 Å². The molecule has 0 bridgehead atoms. The maximum atomic E-state index is 3.66. The van der Waals surface area contributed by atoms with Gasteiger partial charge in [-0.05, 0) is 38.2 Å². The van der Waals surface area contributed by atoms with Gasteiger partial charge in [-0.1, -0.05) is 54.6 Å². The highest BCUT2D eigenvalue weighted by molar-refractivity contribution is 5.46. The smallest absolute Gasteiger partial charge is 0.0262 e. The lowest BCUT2D eigenvalue weighted by Gasteiger charge is -1.97. The summed E-state index contributed by atoms with van der Waals surface area (Å²) in [4.78, 5) is 0. The zero-order valence-electron chi connectivity index (χ0n) is 9.58. The summed E-state index contributed by atoms with van der Waals surface area (Å²) in [6.07, 6.45) is 11.8.